The van der Waals surface area contributed by atoms with E-state index >= 15 is 0 Å². The van der Waals surface area contributed by atoms with Crippen LogP contribution in [0.1, 0.15) is 38.5 Å². The van der Waals surface area contributed by atoms with Crippen LogP contribution in [0.4, 0.5) is 11.4 Å². The first-order valence-electron chi connectivity index (χ1n) is 11.6. The molecule has 0 spiro atoms. The largest absolute Gasteiger partial charge is 0.497 e. The van der Waals surface area contributed by atoms with Crippen molar-refractivity contribution in [3.05, 3.63) is 42.5 Å². The van der Waals surface area contributed by atoms with Crippen molar-refractivity contribution in [1.82, 2.24) is 0 Å². The van der Waals surface area contributed by atoms with Crippen LogP contribution in [0.3, 0.4) is 0 Å². The number of hydrogen-bond donors (Lipinski definition) is 2. The van der Waals surface area contributed by atoms with Gasteiger partial charge < -0.3 is 24.8 Å². The zero-order valence-electron chi connectivity index (χ0n) is 20.2. The van der Waals surface area contributed by atoms with Gasteiger partial charge in [0.25, 0.3) is 15.9 Å². The van der Waals surface area contributed by atoms with Crippen molar-refractivity contribution in [1.29, 1.82) is 0 Å². The summed E-state index contributed by atoms with van der Waals surface area (Å²) in [5.74, 6) is 0.311. The molecule has 0 bridgehead atoms. The Kier molecular flexibility index (Phi) is 7.48. The van der Waals surface area contributed by atoms with Crippen LogP contribution in [-0.2, 0) is 24.3 Å². The summed E-state index contributed by atoms with van der Waals surface area (Å²) in [6, 6.07) is 11.5. The number of ether oxygens (including phenoxy) is 3. The van der Waals surface area contributed by atoms with Crippen LogP contribution >= 0.6 is 0 Å². The molecule has 4 rings (SSSR count). The molecule has 2 aliphatic rings. The Bertz CT molecular complexity index is 1260. The maximum absolute atomic E-state index is 12.7. The highest BCUT2D eigenvalue weighted by Crippen LogP contribution is 2.45. The van der Waals surface area contributed by atoms with Crippen LogP contribution in [0.2, 0.25) is 0 Å². The average Bonchev–Trinajstić information content (AvgIpc) is 3.29. The number of fused-ring (bicyclic) bond motifs is 1. The number of nitrogens with zero attached hydrogens (tertiary/aromatic N) is 1. The second-order valence-electron chi connectivity index (χ2n) is 9.01. The second kappa shape index (κ2) is 10.6. The predicted octanol–water partition coefficient (Wildman–Crippen LogP) is 3.74. The number of carbonyl (C=O) groups is 2. The average molecular weight is 516 g/mol. The van der Waals surface area contributed by atoms with Crippen molar-refractivity contribution in [3.8, 4) is 11.5 Å². The molecule has 36 heavy (non-hydrogen) atoms. The number of amidine groups is 1. The number of amides is 1. The summed E-state index contributed by atoms with van der Waals surface area (Å²) in [5.41, 5.74) is 0.438. The third-order valence-corrected chi connectivity index (χ3v) is 7.77. The molecule has 0 aromatic heterocycles. The molecule has 0 atom stereocenters. The van der Waals surface area contributed by atoms with Gasteiger partial charge in [0.05, 0.1) is 26.3 Å². The zero-order chi connectivity index (χ0) is 25.8. The minimum absolute atomic E-state index is 0.0651. The van der Waals surface area contributed by atoms with Gasteiger partial charge in [-0.3, -0.25) is 9.59 Å². The van der Waals surface area contributed by atoms with Crippen molar-refractivity contribution in [2.45, 2.75) is 43.4 Å². The number of benzene rings is 2. The fraction of sp³-hybridized carbons (Fsp3) is 0.400. The molecule has 1 aliphatic carbocycles. The van der Waals surface area contributed by atoms with E-state index in [1.807, 2.05) is 0 Å². The molecule has 10 nitrogen and oxygen atoms in total. The van der Waals surface area contributed by atoms with Crippen molar-refractivity contribution < 1.29 is 32.2 Å². The first-order chi connectivity index (χ1) is 17.2. The van der Waals surface area contributed by atoms with E-state index in [2.05, 4.69) is 15.0 Å². The molecule has 11 heteroatoms. The minimum atomic E-state index is -3.81. The lowest BCUT2D eigenvalue weighted by Gasteiger charge is -2.30. The Balaban J connectivity index is 1.37. The third-order valence-electron chi connectivity index (χ3n) is 6.40. The highest BCUT2D eigenvalue weighted by Gasteiger charge is 2.39. The molecule has 1 heterocycles. The van der Waals surface area contributed by atoms with E-state index in [9.17, 15) is 18.0 Å². The molecule has 2 aromatic rings. The van der Waals surface area contributed by atoms with Gasteiger partial charge in [0, 0.05) is 30.3 Å². The molecule has 1 saturated carbocycles. The van der Waals surface area contributed by atoms with Gasteiger partial charge in [-0.1, -0.05) is 25.0 Å². The van der Waals surface area contributed by atoms with E-state index in [0.717, 1.165) is 25.7 Å². The Labute approximate surface area is 210 Å². The molecule has 192 valence electrons. The Hall–Kier alpha value is -3.60. The van der Waals surface area contributed by atoms with Gasteiger partial charge in [-0.2, -0.15) is 8.42 Å². The molecule has 0 unspecified atom stereocenters. The monoisotopic (exact) mass is 515 g/mol. The maximum Gasteiger partial charge on any atom is 0.306 e. The van der Waals surface area contributed by atoms with E-state index in [1.54, 1.807) is 36.4 Å². The Morgan fingerprint density at radius 1 is 1.06 bits per heavy atom. The van der Waals surface area contributed by atoms with Gasteiger partial charge in [0.2, 0.25) is 0 Å². The van der Waals surface area contributed by atoms with Gasteiger partial charge >= 0.3 is 5.97 Å². The maximum atomic E-state index is 12.7. The summed E-state index contributed by atoms with van der Waals surface area (Å²) in [6.07, 6.45) is 3.67. The van der Waals surface area contributed by atoms with E-state index in [4.69, 9.17) is 14.2 Å². The summed E-state index contributed by atoms with van der Waals surface area (Å²) in [7, 11) is -0.804. The number of esters is 1. The lowest BCUT2D eigenvalue weighted by molar-refractivity contribution is -0.149. The van der Waals surface area contributed by atoms with Crippen molar-refractivity contribution in [2.24, 2.45) is 9.81 Å². The van der Waals surface area contributed by atoms with Gasteiger partial charge in [0.1, 0.15) is 22.2 Å². The number of anilines is 2. The molecule has 1 amide bonds. The first-order valence-corrected chi connectivity index (χ1v) is 13.0. The molecular formula is C25H29N3O7S. The number of sulfonamides is 1. The number of para-hydroxylation sites is 1. The lowest BCUT2D eigenvalue weighted by Crippen LogP contribution is -2.32. The SMILES string of the molecule is COc1cc(NC(=O)COC(=O)CC2(CC3=NS(=O)(=O)c4ccccc4N3)CCCC2)cc(OC)c1. The summed E-state index contributed by atoms with van der Waals surface area (Å²) in [4.78, 5) is 25.2. The number of carbonyl (C=O) groups excluding carboxylic acids is 2. The molecule has 0 radical (unpaired) electrons. The van der Waals surface area contributed by atoms with E-state index in [1.165, 1.54) is 20.3 Å². The lowest BCUT2D eigenvalue weighted by atomic mass is 9.79. The van der Waals surface area contributed by atoms with Crippen molar-refractivity contribution in [2.75, 3.05) is 31.5 Å². The molecule has 1 aliphatic heterocycles. The van der Waals surface area contributed by atoms with E-state index < -0.39 is 33.9 Å². The normalized spacial score (nSPS) is 17.2. The fourth-order valence-electron chi connectivity index (χ4n) is 4.72. The number of methoxy groups -OCH3 is 2. The highest BCUT2D eigenvalue weighted by molar-refractivity contribution is 7.90. The van der Waals surface area contributed by atoms with Gasteiger partial charge in [-0.25, -0.2) is 0 Å². The van der Waals surface area contributed by atoms with Gasteiger partial charge in [0.15, 0.2) is 6.61 Å². The van der Waals surface area contributed by atoms with Crippen LogP contribution in [0.25, 0.3) is 0 Å². The molecule has 0 saturated heterocycles. The second-order valence-corrected chi connectivity index (χ2v) is 10.6. The predicted molar refractivity (Wildman–Crippen MR) is 134 cm³/mol. The van der Waals surface area contributed by atoms with Crippen LogP contribution in [-0.4, -0.2) is 47.0 Å². The summed E-state index contributed by atoms with van der Waals surface area (Å²) in [5, 5.41) is 5.77. The van der Waals surface area contributed by atoms with Crippen LogP contribution in [0.15, 0.2) is 51.8 Å². The highest BCUT2D eigenvalue weighted by atomic mass is 32.2. The summed E-state index contributed by atoms with van der Waals surface area (Å²) < 4.78 is 44.8. The topological polar surface area (TPSA) is 132 Å². The van der Waals surface area contributed by atoms with Crippen LogP contribution in [0, 0.1) is 5.41 Å². The van der Waals surface area contributed by atoms with Crippen molar-refractivity contribution >= 4 is 39.1 Å². The zero-order valence-corrected chi connectivity index (χ0v) is 21.0. The minimum Gasteiger partial charge on any atom is -0.497 e. The standard InChI is InChI=1S/C25H29N3O7S/c1-33-18-11-17(12-19(13-18)34-2)26-23(29)16-35-24(30)15-25(9-5-6-10-25)14-22-27-20-7-3-4-8-21(20)36(31,32)28-22/h3-4,7-8,11-13H,5-6,9-10,14-16H2,1-2H3,(H,26,29)(H,27,28). The van der Waals surface area contributed by atoms with E-state index in [0.29, 0.717) is 35.1 Å². The summed E-state index contributed by atoms with van der Waals surface area (Å²) >= 11 is 0. The van der Waals surface area contributed by atoms with Gasteiger partial charge in [-0.05, 0) is 30.4 Å². The quantitative estimate of drug-likeness (QED) is 0.483. The Morgan fingerprint density at radius 3 is 2.39 bits per heavy atom. The third kappa shape index (κ3) is 5.96. The number of rotatable bonds is 9. The smallest absolute Gasteiger partial charge is 0.306 e. The van der Waals surface area contributed by atoms with Gasteiger partial charge in [-0.15, -0.1) is 4.40 Å². The number of hydrogen-bond acceptors (Lipinski definition) is 8. The first kappa shape index (κ1) is 25.5. The molecular weight excluding hydrogens is 486 g/mol. The van der Waals surface area contributed by atoms with Crippen LogP contribution in [0.5, 0.6) is 11.5 Å². The molecule has 2 N–H and O–H groups in total. The summed E-state index contributed by atoms with van der Waals surface area (Å²) in [6.45, 7) is -0.449. The molecule has 1 fully saturated rings. The van der Waals surface area contributed by atoms with Crippen molar-refractivity contribution in [3.63, 3.8) is 0 Å². The Morgan fingerprint density at radius 2 is 1.72 bits per heavy atom. The fourth-order valence-corrected chi connectivity index (χ4v) is 5.87. The molecule has 2 aromatic carbocycles. The number of nitrogens with one attached hydrogen (secondary N) is 2. The van der Waals surface area contributed by atoms with E-state index in [-0.39, 0.29) is 11.3 Å². The van der Waals surface area contributed by atoms with Crippen LogP contribution < -0.4 is 20.1 Å².